The molecule has 0 radical (unpaired) electrons. The Morgan fingerprint density at radius 3 is 2.42 bits per heavy atom. The lowest BCUT2D eigenvalue weighted by Crippen LogP contribution is -2.32. The first kappa shape index (κ1) is 22.2. The molecule has 1 amide bonds. The summed E-state index contributed by atoms with van der Waals surface area (Å²) in [6, 6.07) is 11.1. The Hall–Kier alpha value is -3.48. The van der Waals surface area contributed by atoms with Crippen LogP contribution < -0.4 is 19.5 Å². The van der Waals surface area contributed by atoms with Gasteiger partial charge in [0.05, 0.1) is 27.2 Å². The highest BCUT2D eigenvalue weighted by atomic mass is 16.5. The quantitative estimate of drug-likeness (QED) is 0.568. The van der Waals surface area contributed by atoms with Crippen molar-refractivity contribution in [2.24, 2.45) is 7.05 Å². The maximum atomic E-state index is 12.8. The number of aromatic nitrogens is 2. The Morgan fingerprint density at radius 1 is 1.10 bits per heavy atom. The highest BCUT2D eigenvalue weighted by Gasteiger charge is 2.22. The van der Waals surface area contributed by atoms with Gasteiger partial charge < -0.3 is 24.1 Å². The van der Waals surface area contributed by atoms with Crippen LogP contribution in [0.15, 0.2) is 48.8 Å². The molecule has 1 unspecified atom stereocenters. The Bertz CT molecular complexity index is 1020. The maximum absolute atomic E-state index is 12.8. The van der Waals surface area contributed by atoms with Gasteiger partial charge in [-0.25, -0.2) is 4.98 Å². The van der Waals surface area contributed by atoms with Crippen molar-refractivity contribution in [3.8, 4) is 17.2 Å². The van der Waals surface area contributed by atoms with E-state index in [0.29, 0.717) is 17.3 Å². The molecule has 0 saturated heterocycles. The zero-order valence-corrected chi connectivity index (χ0v) is 18.6. The topological polar surface area (TPSA) is 74.6 Å². The van der Waals surface area contributed by atoms with Gasteiger partial charge in [-0.1, -0.05) is 12.1 Å². The summed E-state index contributed by atoms with van der Waals surface area (Å²) in [5.41, 5.74) is 2.97. The predicted molar refractivity (Wildman–Crippen MR) is 119 cm³/mol. The standard InChI is InChI=1S/C24H29N3O4/c1-16-6-7-17(2)21(12-16)31-11-8-22(28)26-23(24-25-9-10-27(24)3)18-13-19(29-4)15-20(14-18)30-5/h6-7,9-10,12-15,23H,8,11H2,1-5H3,(H,26,28). The van der Waals surface area contributed by atoms with Gasteiger partial charge >= 0.3 is 0 Å². The summed E-state index contributed by atoms with van der Waals surface area (Å²) in [7, 11) is 5.08. The molecule has 0 aliphatic rings. The van der Waals surface area contributed by atoms with Crippen LogP contribution >= 0.6 is 0 Å². The van der Waals surface area contributed by atoms with E-state index in [1.165, 1.54) is 0 Å². The Labute approximate surface area is 183 Å². The summed E-state index contributed by atoms with van der Waals surface area (Å²) in [5.74, 6) is 2.65. The second kappa shape index (κ2) is 10.0. The van der Waals surface area contributed by atoms with Gasteiger partial charge in [0.2, 0.25) is 5.91 Å². The van der Waals surface area contributed by atoms with Crippen LogP contribution in [0, 0.1) is 13.8 Å². The summed E-state index contributed by atoms with van der Waals surface area (Å²) in [6.07, 6.45) is 3.76. The van der Waals surface area contributed by atoms with E-state index in [4.69, 9.17) is 14.2 Å². The Balaban J connectivity index is 1.76. The molecular weight excluding hydrogens is 394 g/mol. The number of nitrogens with one attached hydrogen (secondary N) is 1. The first-order valence-corrected chi connectivity index (χ1v) is 10.1. The first-order chi connectivity index (χ1) is 14.9. The van der Waals surface area contributed by atoms with Crippen molar-refractivity contribution < 1.29 is 19.0 Å². The van der Waals surface area contributed by atoms with Crippen molar-refractivity contribution in [2.75, 3.05) is 20.8 Å². The minimum absolute atomic E-state index is 0.139. The second-order valence-electron chi connectivity index (χ2n) is 7.41. The van der Waals surface area contributed by atoms with E-state index in [9.17, 15) is 4.79 Å². The normalized spacial score (nSPS) is 11.6. The van der Waals surface area contributed by atoms with Gasteiger partial charge in [-0.05, 0) is 48.7 Å². The van der Waals surface area contributed by atoms with Crippen LogP contribution in [0.1, 0.15) is 35.0 Å². The molecule has 7 heteroatoms. The van der Waals surface area contributed by atoms with Crippen LogP contribution in [0.3, 0.4) is 0 Å². The van der Waals surface area contributed by atoms with Gasteiger partial charge in [0, 0.05) is 25.5 Å². The fraction of sp³-hybridized carbons (Fsp3) is 0.333. The molecule has 1 heterocycles. The first-order valence-electron chi connectivity index (χ1n) is 10.1. The molecule has 1 aromatic heterocycles. The summed E-state index contributed by atoms with van der Waals surface area (Å²) >= 11 is 0. The number of amides is 1. The van der Waals surface area contributed by atoms with Crippen molar-refractivity contribution in [3.63, 3.8) is 0 Å². The van der Waals surface area contributed by atoms with Crippen LogP contribution in [0.2, 0.25) is 0 Å². The molecule has 0 aliphatic carbocycles. The molecule has 164 valence electrons. The van der Waals surface area contributed by atoms with Gasteiger partial charge in [0.1, 0.15) is 29.1 Å². The van der Waals surface area contributed by atoms with Crippen LogP contribution in [0.4, 0.5) is 0 Å². The van der Waals surface area contributed by atoms with E-state index in [1.54, 1.807) is 26.5 Å². The fourth-order valence-corrected chi connectivity index (χ4v) is 3.30. The number of benzene rings is 2. The second-order valence-corrected chi connectivity index (χ2v) is 7.41. The Morgan fingerprint density at radius 2 is 1.81 bits per heavy atom. The highest BCUT2D eigenvalue weighted by Crippen LogP contribution is 2.29. The third-order valence-electron chi connectivity index (χ3n) is 5.06. The zero-order chi connectivity index (χ0) is 22.4. The van der Waals surface area contributed by atoms with Crippen molar-refractivity contribution in [2.45, 2.75) is 26.3 Å². The van der Waals surface area contributed by atoms with Crippen molar-refractivity contribution in [3.05, 3.63) is 71.3 Å². The number of rotatable bonds is 9. The van der Waals surface area contributed by atoms with E-state index < -0.39 is 6.04 Å². The molecule has 0 saturated carbocycles. The van der Waals surface area contributed by atoms with E-state index in [1.807, 2.05) is 62.0 Å². The van der Waals surface area contributed by atoms with Crippen LogP contribution in [0.5, 0.6) is 17.2 Å². The molecule has 0 bridgehead atoms. The third-order valence-corrected chi connectivity index (χ3v) is 5.06. The van der Waals surface area contributed by atoms with Crippen molar-refractivity contribution in [1.29, 1.82) is 0 Å². The number of methoxy groups -OCH3 is 2. The van der Waals surface area contributed by atoms with Crippen molar-refractivity contribution >= 4 is 5.91 Å². The molecule has 7 nitrogen and oxygen atoms in total. The predicted octanol–water partition coefficient (Wildman–Crippen LogP) is 3.73. The number of imidazole rings is 1. The molecule has 1 atom stereocenters. The molecule has 2 aromatic carbocycles. The zero-order valence-electron chi connectivity index (χ0n) is 18.6. The summed E-state index contributed by atoms with van der Waals surface area (Å²) in [4.78, 5) is 17.2. The lowest BCUT2D eigenvalue weighted by Gasteiger charge is -2.21. The maximum Gasteiger partial charge on any atom is 0.224 e. The number of hydrogen-bond acceptors (Lipinski definition) is 5. The van der Waals surface area contributed by atoms with Gasteiger partial charge in [-0.15, -0.1) is 0 Å². The number of carbonyl (C=O) groups excluding carboxylic acids is 1. The monoisotopic (exact) mass is 423 g/mol. The lowest BCUT2D eigenvalue weighted by molar-refractivity contribution is -0.122. The third kappa shape index (κ3) is 5.57. The lowest BCUT2D eigenvalue weighted by atomic mass is 10.0. The van der Waals surface area contributed by atoms with Crippen molar-refractivity contribution in [1.82, 2.24) is 14.9 Å². The minimum atomic E-state index is -0.461. The molecule has 0 fully saturated rings. The number of nitrogens with zero attached hydrogens (tertiary/aromatic N) is 2. The van der Waals surface area contributed by atoms with Crippen LogP contribution in [-0.2, 0) is 11.8 Å². The molecule has 1 N–H and O–H groups in total. The molecule has 0 spiro atoms. The van der Waals surface area contributed by atoms with E-state index in [0.717, 1.165) is 22.4 Å². The minimum Gasteiger partial charge on any atom is -0.497 e. The number of aryl methyl sites for hydroxylation is 3. The SMILES string of the molecule is COc1cc(OC)cc(C(NC(=O)CCOc2cc(C)ccc2C)c2nccn2C)c1. The van der Waals surface area contributed by atoms with E-state index in [-0.39, 0.29) is 18.9 Å². The molecular formula is C24H29N3O4. The van der Waals surface area contributed by atoms with E-state index in [2.05, 4.69) is 10.3 Å². The number of ether oxygens (including phenoxy) is 3. The number of carbonyl (C=O) groups is 1. The Kier molecular flexibility index (Phi) is 7.18. The number of hydrogen-bond donors (Lipinski definition) is 1. The fourth-order valence-electron chi connectivity index (χ4n) is 3.30. The molecule has 0 aliphatic heterocycles. The van der Waals surface area contributed by atoms with E-state index >= 15 is 0 Å². The highest BCUT2D eigenvalue weighted by molar-refractivity contribution is 5.77. The summed E-state index contributed by atoms with van der Waals surface area (Å²) < 4.78 is 18.5. The summed E-state index contributed by atoms with van der Waals surface area (Å²) in [5, 5.41) is 3.08. The van der Waals surface area contributed by atoms with Gasteiger partial charge in [0.15, 0.2) is 0 Å². The summed E-state index contributed by atoms with van der Waals surface area (Å²) in [6.45, 7) is 4.28. The molecule has 31 heavy (non-hydrogen) atoms. The van der Waals surface area contributed by atoms with Gasteiger partial charge in [0.25, 0.3) is 0 Å². The van der Waals surface area contributed by atoms with Gasteiger partial charge in [-0.2, -0.15) is 0 Å². The smallest absolute Gasteiger partial charge is 0.224 e. The average Bonchev–Trinajstić information content (AvgIpc) is 3.19. The molecule has 3 aromatic rings. The largest absolute Gasteiger partial charge is 0.497 e. The van der Waals surface area contributed by atoms with Crippen LogP contribution in [0.25, 0.3) is 0 Å². The van der Waals surface area contributed by atoms with Crippen LogP contribution in [-0.4, -0.2) is 36.3 Å². The average molecular weight is 424 g/mol. The molecule has 3 rings (SSSR count). The van der Waals surface area contributed by atoms with Gasteiger partial charge in [-0.3, -0.25) is 4.79 Å².